The molecule has 1 fully saturated rings. The first-order valence-corrected chi connectivity index (χ1v) is 11.2. The maximum absolute atomic E-state index is 12.8. The van der Waals surface area contributed by atoms with Crippen molar-refractivity contribution >= 4 is 33.6 Å². The van der Waals surface area contributed by atoms with E-state index in [1.54, 1.807) is 29.5 Å². The summed E-state index contributed by atoms with van der Waals surface area (Å²) in [7, 11) is 3.48. The topological polar surface area (TPSA) is 81.6 Å². The fourth-order valence-corrected chi connectivity index (χ4v) is 4.67. The molecule has 172 valence electrons. The fraction of sp³-hybridized carbons (Fsp3) is 0.360. The average Bonchev–Trinajstić information content (AvgIpc) is 3.26. The number of benzene rings is 2. The molecule has 4 aromatic rings. The van der Waals surface area contributed by atoms with Crippen LogP contribution in [0.25, 0.3) is 22.0 Å². The number of nitrogens with zero attached hydrogens (tertiary/aromatic N) is 3. The second-order valence-electron chi connectivity index (χ2n) is 8.83. The molecule has 1 aliphatic rings. The molecular formula is C25H28N4O4. The third kappa shape index (κ3) is 4.44. The van der Waals surface area contributed by atoms with Crippen molar-refractivity contribution < 1.29 is 13.9 Å². The molecular weight excluding hydrogens is 420 g/mol. The van der Waals surface area contributed by atoms with E-state index in [9.17, 15) is 9.59 Å². The van der Waals surface area contributed by atoms with E-state index in [0.717, 1.165) is 35.0 Å². The van der Waals surface area contributed by atoms with Gasteiger partial charge in [-0.15, -0.1) is 0 Å². The highest BCUT2D eigenvalue weighted by Crippen LogP contribution is 2.21. The van der Waals surface area contributed by atoms with Gasteiger partial charge in [-0.25, -0.2) is 4.79 Å². The van der Waals surface area contributed by atoms with Crippen LogP contribution in [0, 0.1) is 5.92 Å². The fourth-order valence-electron chi connectivity index (χ4n) is 4.67. The van der Waals surface area contributed by atoms with Crippen molar-refractivity contribution in [3.8, 4) is 0 Å². The first-order valence-electron chi connectivity index (χ1n) is 11.2. The van der Waals surface area contributed by atoms with Crippen LogP contribution in [-0.4, -0.2) is 52.8 Å². The quantitative estimate of drug-likeness (QED) is 0.508. The highest BCUT2D eigenvalue weighted by Gasteiger charge is 2.21. The number of fused-ring (bicyclic) bond motifs is 2. The lowest BCUT2D eigenvalue weighted by Gasteiger charge is -2.23. The summed E-state index contributed by atoms with van der Waals surface area (Å²) in [6.07, 6.45) is 2.58. The third-order valence-corrected chi connectivity index (χ3v) is 6.39. The van der Waals surface area contributed by atoms with Gasteiger partial charge in [0.05, 0.1) is 37.1 Å². The Morgan fingerprint density at radius 3 is 2.82 bits per heavy atom. The molecule has 0 aliphatic carbocycles. The molecule has 3 heterocycles. The second kappa shape index (κ2) is 8.88. The molecule has 0 bridgehead atoms. The monoisotopic (exact) mass is 448 g/mol. The number of imidazole rings is 1. The maximum Gasteiger partial charge on any atom is 0.328 e. The molecule has 2 aromatic heterocycles. The van der Waals surface area contributed by atoms with E-state index in [0.29, 0.717) is 37.9 Å². The normalized spacial score (nSPS) is 17.5. The summed E-state index contributed by atoms with van der Waals surface area (Å²) in [5.41, 5.74) is 4.32. The first kappa shape index (κ1) is 21.5. The Kier molecular flexibility index (Phi) is 5.78. The number of amides is 1. The molecule has 8 heteroatoms. The van der Waals surface area contributed by atoms with E-state index >= 15 is 0 Å². The van der Waals surface area contributed by atoms with Crippen LogP contribution in [0.1, 0.15) is 5.56 Å². The van der Waals surface area contributed by atoms with Crippen LogP contribution >= 0.6 is 0 Å². The summed E-state index contributed by atoms with van der Waals surface area (Å²) < 4.78 is 14.5. The van der Waals surface area contributed by atoms with Gasteiger partial charge in [0, 0.05) is 38.3 Å². The van der Waals surface area contributed by atoms with Gasteiger partial charge in [0.2, 0.25) is 5.91 Å². The summed E-state index contributed by atoms with van der Waals surface area (Å²) in [6.45, 7) is 3.08. The second-order valence-corrected chi connectivity index (χ2v) is 8.83. The summed E-state index contributed by atoms with van der Waals surface area (Å²) >= 11 is 0. The number of hydrogen-bond acceptors (Lipinski definition) is 5. The van der Waals surface area contributed by atoms with Gasteiger partial charge >= 0.3 is 5.69 Å². The molecule has 1 N–H and O–H groups in total. The number of hydrogen-bond donors (Lipinski definition) is 1. The van der Waals surface area contributed by atoms with E-state index in [4.69, 9.17) is 9.15 Å². The smallest absolute Gasteiger partial charge is 0.328 e. The minimum absolute atomic E-state index is 0.0760. The number of anilines is 1. The molecule has 0 spiro atoms. The Morgan fingerprint density at radius 2 is 1.94 bits per heavy atom. The molecule has 33 heavy (non-hydrogen) atoms. The van der Waals surface area contributed by atoms with Crippen molar-refractivity contribution in [2.24, 2.45) is 20.0 Å². The Morgan fingerprint density at radius 1 is 1.09 bits per heavy atom. The first-order chi connectivity index (χ1) is 16.0. The lowest BCUT2D eigenvalue weighted by molar-refractivity contribution is -0.117. The number of aromatic nitrogens is 2. The molecule has 0 radical (unpaired) electrons. The van der Waals surface area contributed by atoms with Gasteiger partial charge in [-0.1, -0.05) is 12.1 Å². The average molecular weight is 449 g/mol. The number of carbonyl (C=O) groups is 1. The van der Waals surface area contributed by atoms with Crippen LogP contribution in [0.4, 0.5) is 5.69 Å². The Bertz CT molecular complexity index is 1370. The summed E-state index contributed by atoms with van der Waals surface area (Å²) in [5, 5.41) is 4.08. The predicted molar refractivity (Wildman–Crippen MR) is 127 cm³/mol. The van der Waals surface area contributed by atoms with Crippen molar-refractivity contribution in [1.82, 2.24) is 14.0 Å². The van der Waals surface area contributed by atoms with Gasteiger partial charge in [0.15, 0.2) is 0 Å². The van der Waals surface area contributed by atoms with Crippen molar-refractivity contribution in [2.45, 2.75) is 6.42 Å². The minimum atomic E-state index is -0.0877. The highest BCUT2D eigenvalue weighted by molar-refractivity contribution is 5.94. The van der Waals surface area contributed by atoms with Crippen LogP contribution in [0.3, 0.4) is 0 Å². The van der Waals surface area contributed by atoms with Crippen LogP contribution in [0.5, 0.6) is 0 Å². The van der Waals surface area contributed by atoms with Gasteiger partial charge in [0.1, 0.15) is 5.58 Å². The van der Waals surface area contributed by atoms with Gasteiger partial charge in [-0.2, -0.15) is 0 Å². The molecule has 0 saturated carbocycles. The van der Waals surface area contributed by atoms with Crippen LogP contribution in [-0.2, 0) is 30.0 Å². The molecule has 1 amide bonds. The van der Waals surface area contributed by atoms with E-state index in [2.05, 4.69) is 28.4 Å². The molecule has 1 saturated heterocycles. The van der Waals surface area contributed by atoms with Crippen LogP contribution < -0.4 is 11.0 Å². The molecule has 2 aromatic carbocycles. The van der Waals surface area contributed by atoms with Gasteiger partial charge in [-0.3, -0.25) is 18.8 Å². The van der Waals surface area contributed by atoms with Gasteiger partial charge in [0.25, 0.3) is 0 Å². The molecule has 1 atom stereocenters. The van der Waals surface area contributed by atoms with E-state index in [1.165, 1.54) is 5.56 Å². The van der Waals surface area contributed by atoms with E-state index < -0.39 is 0 Å². The minimum Gasteiger partial charge on any atom is -0.464 e. The lowest BCUT2D eigenvalue weighted by Crippen LogP contribution is -2.37. The third-order valence-electron chi connectivity index (χ3n) is 6.39. The number of furan rings is 1. The van der Waals surface area contributed by atoms with Crippen molar-refractivity contribution in [2.75, 3.05) is 38.2 Å². The molecule has 0 unspecified atom stereocenters. The standard InChI is InChI=1S/C25H28N4O4/c1-27-21-6-5-20(13-22(21)28(2)25(27)31)26-24(30)15-29-8-10-32-16-18(14-29)11-17-3-4-19-7-9-33-23(19)12-17/h3-7,9,12-13,18H,8,10-11,14-16H2,1-2H3,(H,26,30)/t18-/m0/s1. The van der Waals surface area contributed by atoms with Crippen molar-refractivity contribution in [1.29, 1.82) is 0 Å². The number of carbonyl (C=O) groups excluding carboxylic acids is 1. The largest absolute Gasteiger partial charge is 0.464 e. The maximum atomic E-state index is 12.8. The van der Waals surface area contributed by atoms with Crippen molar-refractivity contribution in [3.05, 3.63) is 64.8 Å². The highest BCUT2D eigenvalue weighted by atomic mass is 16.5. The zero-order valence-electron chi connectivity index (χ0n) is 18.9. The van der Waals surface area contributed by atoms with Crippen molar-refractivity contribution in [3.63, 3.8) is 0 Å². The van der Waals surface area contributed by atoms with Crippen LogP contribution in [0.15, 0.2) is 57.9 Å². The number of rotatable bonds is 5. The zero-order chi connectivity index (χ0) is 22.9. The summed E-state index contributed by atoms with van der Waals surface area (Å²) in [5.74, 6) is 0.218. The van der Waals surface area contributed by atoms with Gasteiger partial charge < -0.3 is 14.5 Å². The van der Waals surface area contributed by atoms with E-state index in [1.807, 2.05) is 24.3 Å². The summed E-state index contributed by atoms with van der Waals surface area (Å²) in [4.78, 5) is 27.1. The Balaban J connectivity index is 1.23. The number of nitrogens with one attached hydrogen (secondary N) is 1. The van der Waals surface area contributed by atoms with Gasteiger partial charge in [-0.05, 0) is 48.2 Å². The zero-order valence-corrected chi connectivity index (χ0v) is 18.9. The molecule has 5 rings (SSSR count). The SMILES string of the molecule is Cn1c(=O)n(C)c2cc(NC(=O)CN3CCOC[C@@H](Cc4ccc5ccoc5c4)C3)ccc21. The van der Waals surface area contributed by atoms with E-state index in [-0.39, 0.29) is 11.6 Å². The molecule has 1 aliphatic heterocycles. The summed E-state index contributed by atoms with van der Waals surface area (Å²) in [6, 6.07) is 13.8. The van der Waals surface area contributed by atoms with Crippen LogP contribution in [0.2, 0.25) is 0 Å². The molecule has 8 nitrogen and oxygen atoms in total. The number of ether oxygens (including phenoxy) is 1. The Labute approximate surface area is 191 Å². The number of aryl methyl sites for hydroxylation is 2. The lowest BCUT2D eigenvalue weighted by atomic mass is 9.99. The Hall–Kier alpha value is -3.36. The predicted octanol–water partition coefficient (Wildman–Crippen LogP) is 2.75.